The largest absolute Gasteiger partial charge is 0.494 e. The Kier molecular flexibility index (Phi) is 7.91. The zero-order valence-corrected chi connectivity index (χ0v) is 16.7. The van der Waals surface area contributed by atoms with E-state index in [9.17, 15) is 4.79 Å². The van der Waals surface area contributed by atoms with Crippen LogP contribution >= 0.6 is 0 Å². The fourth-order valence-corrected chi connectivity index (χ4v) is 3.26. The van der Waals surface area contributed by atoms with Crippen molar-refractivity contribution >= 4 is 11.6 Å². The quantitative estimate of drug-likeness (QED) is 0.676. The molecule has 0 aliphatic carbocycles. The molecular weight excluding hydrogens is 328 g/mol. The zero-order valence-electron chi connectivity index (χ0n) is 16.7. The summed E-state index contributed by atoms with van der Waals surface area (Å²) in [4.78, 5) is 14.8. The minimum Gasteiger partial charge on any atom is -0.494 e. The van der Waals surface area contributed by atoms with Crippen molar-refractivity contribution in [2.24, 2.45) is 5.92 Å². The molecule has 1 aromatic rings. The fraction of sp³-hybridized carbons (Fsp3) is 0.667. The first-order chi connectivity index (χ1) is 12.5. The van der Waals surface area contributed by atoms with Crippen LogP contribution in [0.5, 0.6) is 5.75 Å². The summed E-state index contributed by atoms with van der Waals surface area (Å²) in [6, 6.07) is 7.53. The Labute approximate surface area is 158 Å². The third kappa shape index (κ3) is 5.99. The number of rotatable bonds is 9. The van der Waals surface area contributed by atoms with E-state index in [1.807, 2.05) is 31.2 Å². The molecule has 5 heteroatoms. The molecule has 5 nitrogen and oxygen atoms in total. The number of nitrogens with one attached hydrogen (secondary N) is 1. The Balaban J connectivity index is 1.72. The smallest absolute Gasteiger partial charge is 0.256 e. The second-order valence-corrected chi connectivity index (χ2v) is 7.52. The SMILES string of the molecule is CC[C@](C)(OC)C(=O)Nc1ccc(OCCCN2CCC[C@@H](C)C2)cc1. The highest BCUT2D eigenvalue weighted by Gasteiger charge is 2.30. The highest BCUT2D eigenvalue weighted by Crippen LogP contribution is 2.20. The van der Waals surface area contributed by atoms with Gasteiger partial charge in [0, 0.05) is 25.9 Å². The summed E-state index contributed by atoms with van der Waals surface area (Å²) in [5, 5.41) is 2.90. The van der Waals surface area contributed by atoms with Crippen LogP contribution in [0.15, 0.2) is 24.3 Å². The van der Waals surface area contributed by atoms with E-state index >= 15 is 0 Å². The van der Waals surface area contributed by atoms with Crippen molar-refractivity contribution in [3.63, 3.8) is 0 Å². The fourth-order valence-electron chi connectivity index (χ4n) is 3.26. The van der Waals surface area contributed by atoms with Crippen molar-refractivity contribution in [2.75, 3.05) is 38.7 Å². The van der Waals surface area contributed by atoms with E-state index < -0.39 is 5.60 Å². The van der Waals surface area contributed by atoms with Crippen LogP contribution in [0, 0.1) is 5.92 Å². The molecule has 0 spiro atoms. The van der Waals surface area contributed by atoms with Gasteiger partial charge in [0.1, 0.15) is 11.4 Å². The maximum atomic E-state index is 12.3. The van der Waals surface area contributed by atoms with E-state index in [0.717, 1.165) is 30.3 Å². The number of nitrogens with zero attached hydrogens (tertiary/aromatic N) is 1. The van der Waals surface area contributed by atoms with Crippen LogP contribution in [0.2, 0.25) is 0 Å². The van der Waals surface area contributed by atoms with Crippen molar-refractivity contribution in [2.45, 2.75) is 52.1 Å². The van der Waals surface area contributed by atoms with E-state index in [1.165, 1.54) is 25.9 Å². The Morgan fingerprint density at radius 1 is 1.35 bits per heavy atom. The van der Waals surface area contributed by atoms with Crippen molar-refractivity contribution < 1.29 is 14.3 Å². The summed E-state index contributed by atoms with van der Waals surface area (Å²) in [6.45, 7) is 10.3. The van der Waals surface area contributed by atoms with Crippen LogP contribution in [0.4, 0.5) is 5.69 Å². The Morgan fingerprint density at radius 2 is 2.08 bits per heavy atom. The molecule has 2 atom stereocenters. The van der Waals surface area contributed by atoms with Gasteiger partial charge in [0.05, 0.1) is 6.61 Å². The van der Waals surface area contributed by atoms with Crippen molar-refractivity contribution in [1.29, 1.82) is 0 Å². The standard InChI is InChI=1S/C21H34N2O3/c1-5-21(3,25-4)20(24)22-18-9-11-19(12-10-18)26-15-7-14-23-13-6-8-17(2)16-23/h9-12,17H,5-8,13-16H2,1-4H3,(H,22,24)/t17-,21+/m1/s1. The van der Waals surface area contributed by atoms with Gasteiger partial charge < -0.3 is 19.7 Å². The Hall–Kier alpha value is -1.59. The number of hydrogen-bond acceptors (Lipinski definition) is 4. The lowest BCUT2D eigenvalue weighted by molar-refractivity contribution is -0.136. The molecular formula is C21H34N2O3. The number of carbonyl (C=O) groups is 1. The number of ether oxygens (including phenoxy) is 2. The van der Waals surface area contributed by atoms with Crippen LogP contribution in [0.25, 0.3) is 0 Å². The van der Waals surface area contributed by atoms with Crippen molar-refractivity contribution in [1.82, 2.24) is 4.90 Å². The number of carbonyl (C=O) groups excluding carboxylic acids is 1. The molecule has 1 aliphatic heterocycles. The lowest BCUT2D eigenvalue weighted by Crippen LogP contribution is -2.41. The molecule has 1 heterocycles. The van der Waals surface area contributed by atoms with E-state index in [4.69, 9.17) is 9.47 Å². The molecule has 0 bridgehead atoms. The van der Waals surface area contributed by atoms with Gasteiger partial charge in [-0.3, -0.25) is 4.79 Å². The van der Waals surface area contributed by atoms with E-state index in [1.54, 1.807) is 14.0 Å². The van der Waals surface area contributed by atoms with Crippen LogP contribution in [-0.2, 0) is 9.53 Å². The number of hydrogen-bond donors (Lipinski definition) is 1. The monoisotopic (exact) mass is 362 g/mol. The second kappa shape index (κ2) is 9.93. The van der Waals surface area contributed by atoms with Crippen LogP contribution in [0.3, 0.4) is 0 Å². The minimum atomic E-state index is -0.804. The number of anilines is 1. The summed E-state index contributed by atoms with van der Waals surface area (Å²) in [5.41, 5.74) is -0.0532. The molecule has 0 saturated carbocycles. The second-order valence-electron chi connectivity index (χ2n) is 7.52. The van der Waals surface area contributed by atoms with Gasteiger partial charge in [-0.2, -0.15) is 0 Å². The van der Waals surface area contributed by atoms with Crippen LogP contribution < -0.4 is 10.1 Å². The molecule has 0 unspecified atom stereocenters. The average Bonchev–Trinajstić information content (AvgIpc) is 2.66. The lowest BCUT2D eigenvalue weighted by atomic mass is 10.0. The first kappa shape index (κ1) is 20.7. The molecule has 146 valence electrons. The van der Waals surface area contributed by atoms with Gasteiger partial charge in [0.2, 0.25) is 0 Å². The molecule has 26 heavy (non-hydrogen) atoms. The molecule has 1 N–H and O–H groups in total. The molecule has 1 saturated heterocycles. The predicted octanol–water partition coefficient (Wildman–Crippen LogP) is 3.94. The topological polar surface area (TPSA) is 50.8 Å². The number of methoxy groups -OCH3 is 1. The summed E-state index contributed by atoms with van der Waals surface area (Å²) in [7, 11) is 1.56. The number of amides is 1. The summed E-state index contributed by atoms with van der Waals surface area (Å²) >= 11 is 0. The lowest BCUT2D eigenvalue weighted by Gasteiger charge is -2.30. The third-order valence-electron chi connectivity index (χ3n) is 5.35. The molecule has 0 aromatic heterocycles. The van der Waals surface area contributed by atoms with Gasteiger partial charge in [0.25, 0.3) is 5.91 Å². The van der Waals surface area contributed by atoms with Crippen molar-refractivity contribution in [3.8, 4) is 5.75 Å². The van der Waals surface area contributed by atoms with E-state index in [2.05, 4.69) is 17.1 Å². The predicted molar refractivity (Wildman–Crippen MR) is 106 cm³/mol. The maximum absolute atomic E-state index is 12.3. The number of likely N-dealkylation sites (tertiary alicyclic amines) is 1. The van der Waals surface area contributed by atoms with Gasteiger partial charge in [-0.25, -0.2) is 0 Å². The summed E-state index contributed by atoms with van der Waals surface area (Å²) in [6.07, 6.45) is 4.33. The number of piperidine rings is 1. The molecule has 1 amide bonds. The molecule has 1 fully saturated rings. The number of benzene rings is 1. The van der Waals surface area contributed by atoms with Gasteiger partial charge in [-0.15, -0.1) is 0 Å². The van der Waals surface area contributed by atoms with Gasteiger partial charge in [0.15, 0.2) is 0 Å². The molecule has 1 aromatic carbocycles. The Bertz CT molecular complexity index is 555. The van der Waals surface area contributed by atoms with E-state index in [0.29, 0.717) is 13.0 Å². The van der Waals surface area contributed by atoms with Gasteiger partial charge >= 0.3 is 0 Å². The summed E-state index contributed by atoms with van der Waals surface area (Å²) in [5.74, 6) is 1.52. The van der Waals surface area contributed by atoms with Crippen LogP contribution in [0.1, 0.15) is 46.5 Å². The molecule has 2 rings (SSSR count). The highest BCUT2D eigenvalue weighted by molar-refractivity contribution is 5.97. The first-order valence-corrected chi connectivity index (χ1v) is 9.78. The van der Waals surface area contributed by atoms with E-state index in [-0.39, 0.29) is 5.91 Å². The molecule has 0 radical (unpaired) electrons. The Morgan fingerprint density at radius 3 is 2.69 bits per heavy atom. The zero-order chi connectivity index (χ0) is 19.0. The highest BCUT2D eigenvalue weighted by atomic mass is 16.5. The maximum Gasteiger partial charge on any atom is 0.256 e. The normalized spacial score (nSPS) is 20.4. The van der Waals surface area contributed by atoms with Crippen molar-refractivity contribution in [3.05, 3.63) is 24.3 Å². The van der Waals surface area contributed by atoms with Gasteiger partial charge in [-0.1, -0.05) is 13.8 Å². The van der Waals surface area contributed by atoms with Crippen LogP contribution in [-0.4, -0.2) is 49.8 Å². The average molecular weight is 363 g/mol. The summed E-state index contributed by atoms with van der Waals surface area (Å²) < 4.78 is 11.2. The third-order valence-corrected chi connectivity index (χ3v) is 5.35. The minimum absolute atomic E-state index is 0.132. The first-order valence-electron chi connectivity index (χ1n) is 9.78. The van der Waals surface area contributed by atoms with Gasteiger partial charge in [-0.05, 0) is 69.3 Å². The molecule has 1 aliphatic rings.